The topological polar surface area (TPSA) is 89.1 Å². The van der Waals surface area contributed by atoms with E-state index in [0.29, 0.717) is 29.8 Å². The van der Waals surface area contributed by atoms with Gasteiger partial charge < -0.3 is 15.8 Å². The van der Waals surface area contributed by atoms with Crippen LogP contribution in [0.2, 0.25) is 0 Å². The van der Waals surface area contributed by atoms with Crippen molar-refractivity contribution in [1.29, 1.82) is 0 Å². The zero-order chi connectivity index (χ0) is 23.2. The minimum absolute atomic E-state index is 0.0115. The predicted molar refractivity (Wildman–Crippen MR) is 121 cm³/mol. The summed E-state index contributed by atoms with van der Waals surface area (Å²) >= 11 is -1.67. The maximum Gasteiger partial charge on any atom is 0.416 e. The van der Waals surface area contributed by atoms with Gasteiger partial charge in [-0.1, -0.05) is 30.3 Å². The highest BCUT2D eigenvalue weighted by atomic mass is 32.2. The predicted octanol–water partition coefficient (Wildman–Crippen LogP) is 4.88. The van der Waals surface area contributed by atoms with Crippen LogP contribution in [0.1, 0.15) is 54.5 Å². The summed E-state index contributed by atoms with van der Waals surface area (Å²) < 4.78 is 65.9. The van der Waals surface area contributed by atoms with Crippen LogP contribution < -0.4 is 11.1 Å². The van der Waals surface area contributed by atoms with Gasteiger partial charge in [0, 0.05) is 17.2 Å². The summed E-state index contributed by atoms with van der Waals surface area (Å²) in [4.78, 5) is 0. The molecule has 1 saturated heterocycles. The van der Waals surface area contributed by atoms with E-state index in [0.717, 1.165) is 24.5 Å². The molecule has 2 aromatic rings. The molecule has 0 aromatic heterocycles. The Labute approximate surface area is 191 Å². The molecule has 3 aliphatic rings. The number of rotatable bonds is 4. The van der Waals surface area contributed by atoms with E-state index in [1.807, 2.05) is 30.3 Å². The van der Waals surface area contributed by atoms with E-state index in [1.54, 1.807) is 0 Å². The third kappa shape index (κ3) is 4.41. The molecular weight excluding hydrogens is 453 g/mol. The summed E-state index contributed by atoms with van der Waals surface area (Å²) in [5.41, 5.74) is 7.84. The highest BCUT2D eigenvalue weighted by Gasteiger charge is 2.43. The Bertz CT molecular complexity index is 1140. The molecule has 0 spiro atoms. The Morgan fingerprint density at radius 2 is 1.91 bits per heavy atom. The van der Waals surface area contributed by atoms with E-state index in [9.17, 15) is 17.4 Å². The summed E-state index contributed by atoms with van der Waals surface area (Å²) in [6.07, 6.45) is -2.49. The molecule has 0 amide bonds. The lowest BCUT2D eigenvalue weighted by molar-refractivity contribution is -0.138. The van der Waals surface area contributed by atoms with Gasteiger partial charge in [0.15, 0.2) is 5.84 Å². The normalized spacial score (nSPS) is 28.9. The molecule has 1 unspecified atom stereocenters. The largest absolute Gasteiger partial charge is 0.416 e. The van der Waals surface area contributed by atoms with Crippen LogP contribution in [0.5, 0.6) is 0 Å². The molecule has 3 N–H and O–H groups in total. The van der Waals surface area contributed by atoms with Gasteiger partial charge in [-0.15, -0.1) is 4.40 Å². The van der Waals surface area contributed by atoms with Crippen molar-refractivity contribution in [2.24, 2.45) is 20.4 Å². The second-order valence-electron chi connectivity index (χ2n) is 8.54. The molecule has 2 aromatic carbocycles. The number of alkyl halides is 3. The Balaban J connectivity index is 1.43. The summed E-state index contributed by atoms with van der Waals surface area (Å²) in [6, 6.07) is 13.6. The first-order valence-electron chi connectivity index (χ1n) is 10.8. The van der Waals surface area contributed by atoms with Crippen LogP contribution in [-0.4, -0.2) is 21.9 Å². The van der Waals surface area contributed by atoms with E-state index in [1.165, 1.54) is 12.1 Å². The van der Waals surface area contributed by atoms with Gasteiger partial charge in [-0.2, -0.15) is 17.6 Å². The summed E-state index contributed by atoms with van der Waals surface area (Å²) in [7, 11) is 0. The van der Waals surface area contributed by atoms with E-state index < -0.39 is 29.0 Å². The fraction of sp³-hybridized carbons (Fsp3) is 0.391. The van der Waals surface area contributed by atoms with E-state index >= 15 is 0 Å². The van der Waals surface area contributed by atoms with Gasteiger partial charge in [-0.25, -0.2) is 4.21 Å². The Hall–Kier alpha value is -2.72. The molecule has 0 radical (unpaired) electrons. The maximum absolute atomic E-state index is 13.4. The number of anilines is 1. The van der Waals surface area contributed by atoms with Gasteiger partial charge in [-0.05, 0) is 49.4 Å². The van der Waals surface area contributed by atoms with Crippen LogP contribution in [0.15, 0.2) is 57.3 Å². The lowest BCUT2D eigenvalue weighted by atomic mass is 9.76. The maximum atomic E-state index is 13.4. The van der Waals surface area contributed by atoms with Crippen molar-refractivity contribution >= 4 is 28.4 Å². The van der Waals surface area contributed by atoms with Crippen LogP contribution in [0.25, 0.3) is 0 Å². The van der Waals surface area contributed by atoms with Crippen LogP contribution >= 0.6 is 0 Å². The number of ether oxygens (including phenoxy) is 1. The summed E-state index contributed by atoms with van der Waals surface area (Å²) in [5.74, 6) is 0.163. The zero-order valence-electron chi connectivity index (χ0n) is 17.6. The van der Waals surface area contributed by atoms with Gasteiger partial charge in [0.05, 0.1) is 29.5 Å². The zero-order valence-corrected chi connectivity index (χ0v) is 18.4. The van der Waals surface area contributed by atoms with Crippen molar-refractivity contribution in [3.8, 4) is 0 Å². The van der Waals surface area contributed by atoms with Gasteiger partial charge in [0.2, 0.25) is 0 Å². The molecule has 3 aliphatic heterocycles. The van der Waals surface area contributed by atoms with Gasteiger partial charge in [-0.3, -0.25) is 0 Å². The third-order valence-electron chi connectivity index (χ3n) is 6.50. The molecule has 0 aliphatic carbocycles. The number of benzene rings is 2. The molecule has 6 nitrogen and oxygen atoms in total. The number of amidine groups is 1. The lowest BCUT2D eigenvalue weighted by Gasteiger charge is -2.46. The van der Waals surface area contributed by atoms with Crippen LogP contribution in [0.4, 0.5) is 18.9 Å². The van der Waals surface area contributed by atoms with E-state index in [-0.39, 0.29) is 23.9 Å². The number of nitrogens with zero attached hydrogens (tertiary/aromatic N) is 2. The molecular formula is C23H23F3N4O2S. The highest BCUT2D eigenvalue weighted by molar-refractivity contribution is 7.83. The van der Waals surface area contributed by atoms with Crippen LogP contribution in [-0.2, 0) is 22.1 Å². The van der Waals surface area contributed by atoms with Gasteiger partial charge in [0.1, 0.15) is 0 Å². The fourth-order valence-electron chi connectivity index (χ4n) is 4.90. The minimum atomic E-state index is -4.43. The SMILES string of the molecule is NC1=NS(=O)N=C1CC[C@H]1CC[C@@H]2[C@H](O1)c1cc(C(F)(F)F)ccc1N[C@H]2c1ccccc1. The van der Waals surface area contributed by atoms with Crippen molar-refractivity contribution in [3.63, 3.8) is 0 Å². The number of nitrogens with two attached hydrogens (primary N) is 1. The number of halogens is 3. The molecule has 1 fully saturated rings. The Kier molecular flexibility index (Phi) is 5.74. The Morgan fingerprint density at radius 1 is 1.12 bits per heavy atom. The second-order valence-corrected chi connectivity index (χ2v) is 9.36. The van der Waals surface area contributed by atoms with Crippen molar-refractivity contribution in [2.45, 2.75) is 50.1 Å². The standard InChI is InChI=1S/C23H23F3N4O2S/c24-23(25,26)14-6-10-18-17(12-14)21-16(20(28-18)13-4-2-1-3-5-13)9-7-15(32-21)8-11-19-22(27)30-33(31)29-19/h1-6,10,12,15-16,20-21,28H,7-9,11H2,(H2,27,30)/t15-,16+,20+,21+,33?/m1/s1. The van der Waals surface area contributed by atoms with Gasteiger partial charge >= 0.3 is 6.18 Å². The van der Waals surface area contributed by atoms with E-state index in [2.05, 4.69) is 14.1 Å². The molecule has 5 rings (SSSR count). The third-order valence-corrected chi connectivity index (χ3v) is 7.23. The molecule has 0 bridgehead atoms. The second kappa shape index (κ2) is 8.57. The van der Waals surface area contributed by atoms with Crippen LogP contribution in [0.3, 0.4) is 0 Å². The first-order valence-corrected chi connectivity index (χ1v) is 11.9. The highest BCUT2D eigenvalue weighted by Crippen LogP contribution is 2.51. The van der Waals surface area contributed by atoms with Gasteiger partial charge in [0.25, 0.3) is 11.2 Å². The minimum Gasteiger partial charge on any atom is -0.382 e. The number of nitrogens with one attached hydrogen (secondary N) is 1. The lowest BCUT2D eigenvalue weighted by Crippen LogP contribution is -2.39. The van der Waals surface area contributed by atoms with Crippen molar-refractivity contribution < 1.29 is 22.1 Å². The smallest absolute Gasteiger partial charge is 0.382 e. The van der Waals surface area contributed by atoms with Crippen molar-refractivity contribution in [1.82, 2.24) is 0 Å². The first kappa shape index (κ1) is 22.1. The average Bonchev–Trinajstić information content (AvgIpc) is 3.13. The molecule has 33 heavy (non-hydrogen) atoms. The van der Waals surface area contributed by atoms with E-state index in [4.69, 9.17) is 10.5 Å². The molecule has 3 heterocycles. The fourth-order valence-corrected chi connectivity index (χ4v) is 5.59. The summed E-state index contributed by atoms with van der Waals surface area (Å²) in [6.45, 7) is 0. The first-order chi connectivity index (χ1) is 15.8. The Morgan fingerprint density at radius 3 is 2.61 bits per heavy atom. The molecule has 10 heteroatoms. The average molecular weight is 477 g/mol. The van der Waals surface area contributed by atoms with Crippen molar-refractivity contribution in [2.75, 3.05) is 5.32 Å². The number of fused-ring (bicyclic) bond motifs is 3. The molecule has 5 atom stereocenters. The monoisotopic (exact) mass is 476 g/mol. The van der Waals surface area contributed by atoms with Crippen LogP contribution in [0, 0.1) is 5.92 Å². The molecule has 174 valence electrons. The molecule has 0 saturated carbocycles. The quantitative estimate of drug-likeness (QED) is 0.658. The number of hydrogen-bond donors (Lipinski definition) is 2. The summed E-state index contributed by atoms with van der Waals surface area (Å²) in [5, 5.41) is 3.46. The number of hydrogen-bond acceptors (Lipinski definition) is 4. The van der Waals surface area contributed by atoms with Crippen molar-refractivity contribution in [3.05, 3.63) is 65.2 Å².